The van der Waals surface area contributed by atoms with Crippen LogP contribution in [-0.2, 0) is 12.3 Å². The lowest BCUT2D eigenvalue weighted by molar-refractivity contribution is 0.0126. The van der Waals surface area contributed by atoms with Gasteiger partial charge in [0.15, 0.2) is 5.89 Å². The third kappa shape index (κ3) is 2.01. The summed E-state index contributed by atoms with van der Waals surface area (Å²) in [5.74, 6) is -2.68. The molecule has 0 aliphatic carbocycles. The van der Waals surface area contributed by atoms with E-state index < -0.39 is 5.92 Å². The quantitative estimate of drug-likeness (QED) is 0.754. The molecule has 3 nitrogen and oxygen atoms in total. The molecular formula is C7H10F2N2O. The van der Waals surface area contributed by atoms with Crippen LogP contribution < -0.4 is 5.73 Å². The van der Waals surface area contributed by atoms with E-state index in [0.717, 1.165) is 13.2 Å². The van der Waals surface area contributed by atoms with Gasteiger partial charge in [-0.25, -0.2) is 4.98 Å². The first-order valence-corrected chi connectivity index (χ1v) is 3.57. The van der Waals surface area contributed by atoms with Gasteiger partial charge in [0.05, 0.1) is 0 Å². The number of halogens is 2. The first-order valence-electron chi connectivity index (χ1n) is 3.57. The average molecular weight is 176 g/mol. The van der Waals surface area contributed by atoms with Gasteiger partial charge in [-0.15, -0.1) is 0 Å². The third-order valence-corrected chi connectivity index (χ3v) is 1.36. The standard InChI is InChI=1S/C7H10F2N2O/c1-7(8,9)5-4-12-6(11-5)2-3-10/h4H,2-3,10H2,1H3. The number of oxazole rings is 1. The fraction of sp³-hybridized carbons (Fsp3) is 0.571. The number of alkyl halides is 2. The molecule has 0 saturated heterocycles. The van der Waals surface area contributed by atoms with Crippen LogP contribution >= 0.6 is 0 Å². The summed E-state index contributed by atoms with van der Waals surface area (Å²) < 4.78 is 29.9. The Kier molecular flexibility index (Phi) is 2.42. The van der Waals surface area contributed by atoms with Crippen LogP contribution in [0.4, 0.5) is 8.78 Å². The average Bonchev–Trinajstić information content (AvgIpc) is 2.35. The monoisotopic (exact) mass is 176 g/mol. The topological polar surface area (TPSA) is 52.0 Å². The van der Waals surface area contributed by atoms with E-state index in [1.54, 1.807) is 0 Å². The molecule has 0 spiro atoms. The number of rotatable bonds is 3. The van der Waals surface area contributed by atoms with Gasteiger partial charge in [0.1, 0.15) is 12.0 Å². The molecule has 12 heavy (non-hydrogen) atoms. The minimum absolute atomic E-state index is 0.258. The van der Waals surface area contributed by atoms with E-state index in [4.69, 9.17) is 10.2 Å². The molecule has 0 saturated carbocycles. The zero-order valence-corrected chi connectivity index (χ0v) is 6.68. The Hall–Kier alpha value is -0.970. The fourth-order valence-electron chi connectivity index (χ4n) is 0.751. The van der Waals surface area contributed by atoms with E-state index in [0.29, 0.717) is 13.0 Å². The number of nitrogens with two attached hydrogens (primary N) is 1. The highest BCUT2D eigenvalue weighted by molar-refractivity contribution is 5.03. The van der Waals surface area contributed by atoms with Gasteiger partial charge in [-0.1, -0.05) is 0 Å². The van der Waals surface area contributed by atoms with E-state index in [2.05, 4.69) is 4.98 Å². The van der Waals surface area contributed by atoms with Crippen LogP contribution in [0.25, 0.3) is 0 Å². The smallest absolute Gasteiger partial charge is 0.290 e. The Morgan fingerprint density at radius 3 is 2.75 bits per heavy atom. The molecule has 0 amide bonds. The minimum atomic E-state index is -2.93. The summed E-state index contributed by atoms with van der Waals surface area (Å²) in [6.45, 7) is 1.12. The summed E-state index contributed by atoms with van der Waals surface area (Å²) in [5.41, 5.74) is 4.85. The normalized spacial score (nSPS) is 12.0. The molecule has 1 aromatic heterocycles. The zero-order chi connectivity index (χ0) is 9.19. The highest BCUT2D eigenvalue weighted by atomic mass is 19.3. The number of aromatic nitrogens is 1. The molecular weight excluding hydrogens is 166 g/mol. The van der Waals surface area contributed by atoms with Crippen molar-refractivity contribution in [3.8, 4) is 0 Å². The van der Waals surface area contributed by atoms with Gasteiger partial charge in [0.25, 0.3) is 5.92 Å². The molecule has 0 aromatic carbocycles. The summed E-state index contributed by atoms with van der Waals surface area (Å²) in [5, 5.41) is 0. The summed E-state index contributed by atoms with van der Waals surface area (Å²) in [4.78, 5) is 3.57. The zero-order valence-electron chi connectivity index (χ0n) is 6.68. The maximum Gasteiger partial charge on any atom is 0.290 e. The summed E-state index contributed by atoms with van der Waals surface area (Å²) in [7, 11) is 0. The maximum atomic E-state index is 12.6. The first-order chi connectivity index (χ1) is 5.54. The van der Waals surface area contributed by atoms with E-state index in [1.807, 2.05) is 0 Å². The lowest BCUT2D eigenvalue weighted by atomic mass is 10.3. The second-order valence-corrected chi connectivity index (χ2v) is 2.55. The fourth-order valence-corrected chi connectivity index (χ4v) is 0.751. The van der Waals surface area contributed by atoms with Crippen LogP contribution in [0.5, 0.6) is 0 Å². The SMILES string of the molecule is CC(F)(F)c1coc(CCN)n1. The molecule has 1 heterocycles. The molecule has 0 aliphatic rings. The summed E-state index contributed by atoms with van der Waals surface area (Å²) >= 11 is 0. The van der Waals surface area contributed by atoms with Gasteiger partial charge >= 0.3 is 0 Å². The lowest BCUT2D eigenvalue weighted by Crippen LogP contribution is -2.08. The van der Waals surface area contributed by atoms with Gasteiger partial charge in [-0.2, -0.15) is 8.78 Å². The Morgan fingerprint density at radius 1 is 1.67 bits per heavy atom. The Balaban J connectivity index is 2.77. The number of hydrogen-bond acceptors (Lipinski definition) is 3. The summed E-state index contributed by atoms with van der Waals surface area (Å²) in [6.07, 6.45) is 1.35. The van der Waals surface area contributed by atoms with Crippen LogP contribution in [0.2, 0.25) is 0 Å². The van der Waals surface area contributed by atoms with E-state index in [1.165, 1.54) is 0 Å². The molecule has 0 bridgehead atoms. The van der Waals surface area contributed by atoms with Crippen molar-refractivity contribution in [1.82, 2.24) is 4.98 Å². The molecule has 0 atom stereocenters. The van der Waals surface area contributed by atoms with Gasteiger partial charge in [0.2, 0.25) is 0 Å². The molecule has 1 aromatic rings. The molecule has 0 fully saturated rings. The Morgan fingerprint density at radius 2 is 2.33 bits per heavy atom. The molecule has 0 radical (unpaired) electrons. The predicted octanol–water partition coefficient (Wildman–Crippen LogP) is 1.29. The van der Waals surface area contributed by atoms with Gasteiger partial charge in [-0.05, 0) is 0 Å². The van der Waals surface area contributed by atoms with E-state index in [-0.39, 0.29) is 11.6 Å². The van der Waals surface area contributed by atoms with Gasteiger partial charge in [-0.3, -0.25) is 0 Å². The second-order valence-electron chi connectivity index (χ2n) is 2.55. The number of nitrogens with zero attached hydrogens (tertiary/aromatic N) is 1. The Labute approximate surface area is 68.6 Å². The Bertz CT molecular complexity index is 254. The maximum absolute atomic E-state index is 12.6. The van der Waals surface area contributed by atoms with Crippen molar-refractivity contribution in [3.63, 3.8) is 0 Å². The second kappa shape index (κ2) is 3.18. The van der Waals surface area contributed by atoms with Crippen LogP contribution in [0.3, 0.4) is 0 Å². The van der Waals surface area contributed by atoms with E-state index in [9.17, 15) is 8.78 Å². The van der Waals surface area contributed by atoms with Gasteiger partial charge < -0.3 is 10.2 Å². The van der Waals surface area contributed by atoms with Crippen molar-refractivity contribution >= 4 is 0 Å². The van der Waals surface area contributed by atoms with Gasteiger partial charge in [0, 0.05) is 19.9 Å². The molecule has 0 unspecified atom stereocenters. The van der Waals surface area contributed by atoms with Crippen molar-refractivity contribution in [2.24, 2.45) is 5.73 Å². The third-order valence-electron chi connectivity index (χ3n) is 1.36. The van der Waals surface area contributed by atoms with Crippen molar-refractivity contribution in [1.29, 1.82) is 0 Å². The van der Waals surface area contributed by atoms with Crippen LogP contribution in [-0.4, -0.2) is 11.5 Å². The lowest BCUT2D eigenvalue weighted by Gasteiger charge is -2.02. The van der Waals surface area contributed by atoms with Crippen molar-refractivity contribution in [2.75, 3.05) is 6.54 Å². The molecule has 1 rings (SSSR count). The highest BCUT2D eigenvalue weighted by Crippen LogP contribution is 2.25. The first kappa shape index (κ1) is 9.12. The van der Waals surface area contributed by atoms with Crippen LogP contribution in [0.15, 0.2) is 10.7 Å². The highest BCUT2D eigenvalue weighted by Gasteiger charge is 2.28. The molecule has 2 N–H and O–H groups in total. The predicted molar refractivity (Wildman–Crippen MR) is 38.8 cm³/mol. The molecule has 5 heteroatoms. The minimum Gasteiger partial charge on any atom is -0.448 e. The number of hydrogen-bond donors (Lipinski definition) is 1. The van der Waals surface area contributed by atoms with Crippen LogP contribution in [0, 0.1) is 0 Å². The molecule has 68 valence electrons. The van der Waals surface area contributed by atoms with Crippen molar-refractivity contribution < 1.29 is 13.2 Å². The van der Waals surface area contributed by atoms with Crippen molar-refractivity contribution in [3.05, 3.63) is 17.8 Å². The van der Waals surface area contributed by atoms with Crippen molar-refractivity contribution in [2.45, 2.75) is 19.3 Å². The largest absolute Gasteiger partial charge is 0.448 e. The molecule has 0 aliphatic heterocycles. The van der Waals surface area contributed by atoms with Crippen LogP contribution in [0.1, 0.15) is 18.5 Å². The van der Waals surface area contributed by atoms with E-state index >= 15 is 0 Å². The summed E-state index contributed by atoms with van der Waals surface area (Å²) in [6, 6.07) is 0.